The summed E-state index contributed by atoms with van der Waals surface area (Å²) in [5, 5.41) is 9.32. The van der Waals surface area contributed by atoms with Crippen LogP contribution >= 0.6 is 0 Å². The van der Waals surface area contributed by atoms with Crippen molar-refractivity contribution in [2.45, 2.75) is 0 Å². The molecule has 214 valence electrons. The molecule has 0 fully saturated rings. The Hall–Kier alpha value is -6.19. The van der Waals surface area contributed by atoms with Gasteiger partial charge in [-0.1, -0.05) is 127 Å². The third-order valence-corrected chi connectivity index (χ3v) is 9.39. The van der Waals surface area contributed by atoms with Gasteiger partial charge in [0.25, 0.3) is 0 Å². The second-order valence-corrected chi connectivity index (χ2v) is 11.9. The van der Waals surface area contributed by atoms with Gasteiger partial charge in [0.15, 0.2) is 0 Å². The highest BCUT2D eigenvalue weighted by Crippen LogP contribution is 2.40. The molecule has 0 aliphatic carbocycles. The molecule has 0 radical (unpaired) electrons. The average Bonchev–Trinajstić information content (AvgIpc) is 3.71. The zero-order valence-electron chi connectivity index (χ0n) is 24.8. The van der Waals surface area contributed by atoms with E-state index in [0.717, 1.165) is 66.2 Å². The molecule has 0 aliphatic rings. The number of benzene rings is 7. The molecule has 0 amide bonds. The topological polar surface area (TPSA) is 30.4 Å². The van der Waals surface area contributed by atoms with E-state index in [9.17, 15) is 0 Å². The summed E-state index contributed by atoms with van der Waals surface area (Å²) in [4.78, 5) is 5.38. The van der Waals surface area contributed by atoms with Crippen molar-refractivity contribution in [1.29, 1.82) is 0 Å². The smallest absolute Gasteiger partial charge is 0.149 e. The fourth-order valence-corrected chi connectivity index (χ4v) is 7.35. The van der Waals surface area contributed by atoms with Crippen molar-refractivity contribution in [3.8, 4) is 22.5 Å². The summed E-state index contributed by atoms with van der Waals surface area (Å²) in [6, 6.07) is 56.0. The fourth-order valence-electron chi connectivity index (χ4n) is 7.35. The Labute approximate surface area is 264 Å². The Bertz CT molecular complexity index is 2860. The van der Waals surface area contributed by atoms with E-state index in [4.69, 9.17) is 9.40 Å². The lowest BCUT2D eigenvalue weighted by atomic mass is 10.0. The average molecular weight is 587 g/mol. The number of hydrogen-bond acceptors (Lipinski definition) is 2. The number of imidazole rings is 1. The molecule has 0 N–H and O–H groups in total. The number of para-hydroxylation sites is 3. The highest BCUT2D eigenvalue weighted by Gasteiger charge is 2.20. The number of fused-ring (bicyclic) bond motifs is 10. The Morgan fingerprint density at radius 1 is 0.435 bits per heavy atom. The molecular weight excluding hydrogens is 560 g/mol. The summed E-state index contributed by atoms with van der Waals surface area (Å²) >= 11 is 0. The zero-order chi connectivity index (χ0) is 30.2. The highest BCUT2D eigenvalue weighted by atomic mass is 16.3. The van der Waals surface area contributed by atoms with Crippen molar-refractivity contribution in [3.05, 3.63) is 158 Å². The van der Waals surface area contributed by atoms with Gasteiger partial charge < -0.3 is 4.42 Å². The van der Waals surface area contributed by atoms with Crippen LogP contribution in [0.5, 0.6) is 0 Å². The van der Waals surface area contributed by atoms with E-state index in [1.165, 1.54) is 27.1 Å². The fraction of sp³-hybridized carbons (Fsp3) is 0. The predicted octanol–water partition coefficient (Wildman–Crippen LogP) is 11.7. The van der Waals surface area contributed by atoms with E-state index in [0.29, 0.717) is 0 Å². The van der Waals surface area contributed by atoms with Crippen LogP contribution in [-0.4, -0.2) is 9.38 Å². The Morgan fingerprint density at radius 3 is 1.83 bits per heavy atom. The van der Waals surface area contributed by atoms with Gasteiger partial charge in [0.05, 0.1) is 22.1 Å². The summed E-state index contributed by atoms with van der Waals surface area (Å²) in [5.74, 6) is 0.861. The summed E-state index contributed by atoms with van der Waals surface area (Å²) in [5.41, 5.74) is 8.10. The molecule has 0 saturated heterocycles. The van der Waals surface area contributed by atoms with Crippen LogP contribution in [0.25, 0.3) is 93.3 Å². The number of nitrogens with zero attached hydrogens (tertiary/aromatic N) is 2. The third-order valence-electron chi connectivity index (χ3n) is 9.39. The minimum Gasteiger partial charge on any atom is -0.455 e. The molecule has 3 heteroatoms. The molecule has 0 spiro atoms. The summed E-state index contributed by atoms with van der Waals surface area (Å²) in [7, 11) is 0. The largest absolute Gasteiger partial charge is 0.455 e. The van der Waals surface area contributed by atoms with Gasteiger partial charge in [-0.2, -0.15) is 0 Å². The highest BCUT2D eigenvalue weighted by molar-refractivity contribution is 6.21. The molecule has 3 heterocycles. The molecule has 3 nitrogen and oxygen atoms in total. The molecule has 0 saturated carbocycles. The first-order chi connectivity index (χ1) is 22.8. The normalized spacial score (nSPS) is 11.9. The number of rotatable bonds is 2. The van der Waals surface area contributed by atoms with Crippen LogP contribution in [0.15, 0.2) is 162 Å². The van der Waals surface area contributed by atoms with Crippen LogP contribution in [0.2, 0.25) is 0 Å². The maximum atomic E-state index is 6.77. The first kappa shape index (κ1) is 25.2. The molecular formula is C43H26N2O. The minimum atomic E-state index is 0.842. The van der Waals surface area contributed by atoms with Crippen molar-refractivity contribution in [2.24, 2.45) is 0 Å². The van der Waals surface area contributed by atoms with Crippen molar-refractivity contribution < 1.29 is 4.42 Å². The van der Waals surface area contributed by atoms with Crippen molar-refractivity contribution in [3.63, 3.8) is 0 Å². The molecule has 46 heavy (non-hydrogen) atoms. The maximum absolute atomic E-state index is 6.77. The van der Waals surface area contributed by atoms with Crippen LogP contribution in [0.1, 0.15) is 0 Å². The predicted molar refractivity (Wildman–Crippen MR) is 192 cm³/mol. The Kier molecular flexibility index (Phi) is 5.28. The Balaban J connectivity index is 1.40. The lowest BCUT2D eigenvalue weighted by molar-refractivity contribution is 0.669. The first-order valence-corrected chi connectivity index (χ1v) is 15.6. The molecule has 10 aromatic rings. The van der Waals surface area contributed by atoms with E-state index in [2.05, 4.69) is 156 Å². The molecule has 10 rings (SSSR count). The molecule has 0 unspecified atom stereocenters. The standard InChI is InChI=1S/C43H26N2O/c1-2-12-27(13-3-1)28-24-25-34-36-20-10-21-37(42(36)46-40(34)26-28)43-44-38-22-11-19-35-32-17-7-5-15-30(32)29-14-4-6-16-31(29)33-18-8-9-23-39(33)45(43)41(35)38/h1-26H. The van der Waals surface area contributed by atoms with Gasteiger partial charge in [0, 0.05) is 21.5 Å². The monoisotopic (exact) mass is 586 g/mol. The van der Waals surface area contributed by atoms with Crippen molar-refractivity contribution in [2.75, 3.05) is 0 Å². The zero-order valence-corrected chi connectivity index (χ0v) is 24.8. The van der Waals surface area contributed by atoms with Gasteiger partial charge in [0.2, 0.25) is 0 Å². The lowest BCUT2D eigenvalue weighted by Crippen LogP contribution is -1.91. The summed E-state index contributed by atoms with van der Waals surface area (Å²) in [6.07, 6.45) is 0. The van der Waals surface area contributed by atoms with E-state index < -0.39 is 0 Å². The molecule has 0 aliphatic heterocycles. The van der Waals surface area contributed by atoms with E-state index in [1.807, 2.05) is 6.07 Å². The number of aromatic nitrogens is 2. The second-order valence-electron chi connectivity index (χ2n) is 11.9. The SMILES string of the molecule is c1ccc(-c2ccc3c(c2)oc2c(-c4nc5cccc6c7ccccc7c7ccccc7c7ccccc7n4c56)cccc23)cc1. The maximum Gasteiger partial charge on any atom is 0.149 e. The number of furan rings is 1. The van der Waals surface area contributed by atoms with Gasteiger partial charge in [-0.25, -0.2) is 4.98 Å². The van der Waals surface area contributed by atoms with Crippen molar-refractivity contribution >= 4 is 70.8 Å². The lowest BCUT2D eigenvalue weighted by Gasteiger charge is -2.06. The molecule has 3 aromatic heterocycles. The van der Waals surface area contributed by atoms with Gasteiger partial charge in [0.1, 0.15) is 17.0 Å². The second kappa shape index (κ2) is 9.65. The number of hydrogen-bond donors (Lipinski definition) is 0. The molecule has 7 aromatic carbocycles. The van der Waals surface area contributed by atoms with Crippen LogP contribution in [-0.2, 0) is 0 Å². The van der Waals surface area contributed by atoms with Crippen LogP contribution in [0, 0.1) is 0 Å². The van der Waals surface area contributed by atoms with Crippen LogP contribution in [0.4, 0.5) is 0 Å². The van der Waals surface area contributed by atoms with Crippen LogP contribution in [0.3, 0.4) is 0 Å². The van der Waals surface area contributed by atoms with E-state index >= 15 is 0 Å². The minimum absolute atomic E-state index is 0.842. The van der Waals surface area contributed by atoms with E-state index in [1.54, 1.807) is 0 Å². The van der Waals surface area contributed by atoms with E-state index in [-0.39, 0.29) is 0 Å². The van der Waals surface area contributed by atoms with Crippen molar-refractivity contribution in [1.82, 2.24) is 9.38 Å². The Morgan fingerprint density at radius 2 is 1.04 bits per heavy atom. The third kappa shape index (κ3) is 3.57. The van der Waals surface area contributed by atoms with Gasteiger partial charge in [-0.05, 0) is 63.0 Å². The quantitative estimate of drug-likeness (QED) is 0.202. The van der Waals surface area contributed by atoms with Gasteiger partial charge in [-0.3, -0.25) is 4.40 Å². The summed E-state index contributed by atoms with van der Waals surface area (Å²) < 4.78 is 9.13. The van der Waals surface area contributed by atoms with Gasteiger partial charge >= 0.3 is 0 Å². The molecule has 0 atom stereocenters. The first-order valence-electron chi connectivity index (χ1n) is 15.6. The van der Waals surface area contributed by atoms with Crippen LogP contribution < -0.4 is 0 Å². The summed E-state index contributed by atoms with van der Waals surface area (Å²) in [6.45, 7) is 0. The molecule has 0 bridgehead atoms. The van der Waals surface area contributed by atoms with Gasteiger partial charge in [-0.15, -0.1) is 0 Å².